The van der Waals surface area contributed by atoms with Gasteiger partial charge in [0.15, 0.2) is 11.5 Å². The van der Waals surface area contributed by atoms with Crippen LogP contribution < -0.4 is 9.47 Å². The number of allylic oxidation sites excluding steroid dienone is 1. The molecule has 5 nitrogen and oxygen atoms in total. The Hall–Kier alpha value is -2.82. The lowest BCUT2D eigenvalue weighted by Crippen LogP contribution is -2.21. The molecule has 3 N–H and O–H groups in total. The Morgan fingerprint density at radius 3 is 2.58 bits per heavy atom. The molecule has 0 amide bonds. The number of benzene rings is 2. The number of hydrogen-bond acceptors (Lipinski definition) is 5. The minimum Gasteiger partial charge on any atom is -0.508 e. The van der Waals surface area contributed by atoms with E-state index in [0.29, 0.717) is 24.3 Å². The van der Waals surface area contributed by atoms with Crippen LogP contribution in [-0.4, -0.2) is 29.0 Å². The molecule has 26 heavy (non-hydrogen) atoms. The normalized spacial score (nSPS) is 16.5. The molecule has 2 aromatic carbocycles. The van der Waals surface area contributed by atoms with Gasteiger partial charge in [-0.3, -0.25) is 0 Å². The summed E-state index contributed by atoms with van der Waals surface area (Å²) < 4.78 is 11.2. The van der Waals surface area contributed by atoms with Gasteiger partial charge in [0, 0.05) is 28.5 Å². The van der Waals surface area contributed by atoms with Crippen molar-refractivity contribution in [3.8, 4) is 28.7 Å². The third-order valence-corrected chi connectivity index (χ3v) is 5.06. The second-order valence-electron chi connectivity index (χ2n) is 7.17. The van der Waals surface area contributed by atoms with Crippen LogP contribution in [-0.2, 0) is 11.8 Å². The average molecular weight is 356 g/mol. The quantitative estimate of drug-likeness (QED) is 0.570. The van der Waals surface area contributed by atoms with Crippen molar-refractivity contribution in [2.45, 2.75) is 31.6 Å². The first kappa shape index (κ1) is 18.0. The summed E-state index contributed by atoms with van der Waals surface area (Å²) in [6.07, 6.45) is 2.40. The molecule has 5 heteroatoms. The highest BCUT2D eigenvalue weighted by molar-refractivity contribution is 5.62. The third kappa shape index (κ3) is 2.94. The lowest BCUT2D eigenvalue weighted by atomic mass is 9.80. The first-order chi connectivity index (χ1) is 12.3. The van der Waals surface area contributed by atoms with Gasteiger partial charge < -0.3 is 24.8 Å². The van der Waals surface area contributed by atoms with Crippen LogP contribution in [0, 0.1) is 0 Å². The number of rotatable bonds is 4. The molecular weight excluding hydrogens is 332 g/mol. The Labute approximate surface area is 153 Å². The van der Waals surface area contributed by atoms with Crippen molar-refractivity contribution < 1.29 is 24.8 Å². The molecule has 1 heterocycles. The molecule has 0 aliphatic carbocycles. The molecule has 1 aliphatic heterocycles. The van der Waals surface area contributed by atoms with Crippen molar-refractivity contribution >= 4 is 0 Å². The number of ether oxygens (including phenoxy) is 2. The zero-order valence-electron chi connectivity index (χ0n) is 15.2. The molecule has 138 valence electrons. The van der Waals surface area contributed by atoms with E-state index in [2.05, 4.69) is 6.58 Å². The van der Waals surface area contributed by atoms with Crippen molar-refractivity contribution in [3.05, 3.63) is 53.6 Å². The predicted molar refractivity (Wildman–Crippen MR) is 99.6 cm³/mol. The average Bonchev–Trinajstić information content (AvgIpc) is 2.63. The lowest BCUT2D eigenvalue weighted by Gasteiger charge is -2.30. The van der Waals surface area contributed by atoms with Crippen LogP contribution in [0.3, 0.4) is 0 Å². The molecule has 0 bridgehead atoms. The SMILES string of the molecule is C=CC(C)(C)c1cc([C@@H]2COc3cc(O)ccc3C2)c(OC)c(O)c1O. The minimum absolute atomic E-state index is 0.0622. The fourth-order valence-corrected chi connectivity index (χ4v) is 3.34. The van der Waals surface area contributed by atoms with Gasteiger partial charge in [-0.25, -0.2) is 0 Å². The van der Waals surface area contributed by atoms with E-state index in [1.807, 2.05) is 26.0 Å². The highest BCUT2D eigenvalue weighted by atomic mass is 16.5. The van der Waals surface area contributed by atoms with Crippen LogP contribution in [0.5, 0.6) is 28.7 Å². The summed E-state index contributed by atoms with van der Waals surface area (Å²) in [5, 5.41) is 30.6. The second-order valence-corrected chi connectivity index (χ2v) is 7.17. The van der Waals surface area contributed by atoms with Crippen molar-refractivity contribution in [2.75, 3.05) is 13.7 Å². The van der Waals surface area contributed by atoms with Gasteiger partial charge in [-0.1, -0.05) is 26.0 Å². The van der Waals surface area contributed by atoms with Gasteiger partial charge in [0.25, 0.3) is 0 Å². The largest absolute Gasteiger partial charge is 0.508 e. The van der Waals surface area contributed by atoms with E-state index >= 15 is 0 Å². The highest BCUT2D eigenvalue weighted by Crippen LogP contribution is 2.49. The summed E-state index contributed by atoms with van der Waals surface area (Å²) in [7, 11) is 1.46. The molecular formula is C21H24O5. The Kier molecular flexibility index (Phi) is 4.48. The number of aromatic hydroxyl groups is 3. The molecule has 0 saturated carbocycles. The van der Waals surface area contributed by atoms with Gasteiger partial charge in [0.1, 0.15) is 11.5 Å². The number of hydrogen-bond donors (Lipinski definition) is 3. The standard InChI is InChI=1S/C21H24O5/c1-5-21(2,3)16-10-15(20(25-4)19(24)18(16)23)13-8-12-6-7-14(22)9-17(12)26-11-13/h5-7,9-10,13,22-24H,1,8,11H2,2-4H3/t13-/m0/s1. The zero-order chi connectivity index (χ0) is 19.1. The Morgan fingerprint density at radius 1 is 1.19 bits per heavy atom. The first-order valence-corrected chi connectivity index (χ1v) is 8.50. The van der Waals surface area contributed by atoms with Crippen molar-refractivity contribution in [3.63, 3.8) is 0 Å². The maximum absolute atomic E-state index is 10.5. The van der Waals surface area contributed by atoms with Gasteiger partial charge in [-0.05, 0) is 24.1 Å². The first-order valence-electron chi connectivity index (χ1n) is 8.50. The van der Waals surface area contributed by atoms with Crippen molar-refractivity contribution in [1.29, 1.82) is 0 Å². The fourth-order valence-electron chi connectivity index (χ4n) is 3.34. The highest BCUT2D eigenvalue weighted by Gasteiger charge is 2.31. The summed E-state index contributed by atoms with van der Waals surface area (Å²) in [5.41, 5.74) is 1.80. The molecule has 0 spiro atoms. The fraction of sp³-hybridized carbons (Fsp3) is 0.333. The maximum atomic E-state index is 10.5. The summed E-state index contributed by atoms with van der Waals surface area (Å²) in [6.45, 7) is 8.04. The van der Waals surface area contributed by atoms with Gasteiger partial charge in [-0.15, -0.1) is 6.58 Å². The molecule has 0 saturated heterocycles. The minimum atomic E-state index is -0.526. The van der Waals surface area contributed by atoms with Crippen LogP contribution in [0.25, 0.3) is 0 Å². The number of methoxy groups -OCH3 is 1. The molecule has 0 radical (unpaired) electrons. The maximum Gasteiger partial charge on any atom is 0.201 e. The van der Waals surface area contributed by atoms with Crippen LogP contribution in [0.1, 0.15) is 36.5 Å². The van der Waals surface area contributed by atoms with E-state index in [0.717, 1.165) is 11.1 Å². The molecule has 2 aromatic rings. The monoisotopic (exact) mass is 356 g/mol. The molecule has 1 aliphatic rings. The lowest BCUT2D eigenvalue weighted by molar-refractivity contribution is 0.255. The van der Waals surface area contributed by atoms with E-state index in [1.54, 1.807) is 18.2 Å². The molecule has 0 aromatic heterocycles. The predicted octanol–water partition coefficient (Wildman–Crippen LogP) is 3.99. The Bertz CT molecular complexity index is 854. The number of fused-ring (bicyclic) bond motifs is 1. The van der Waals surface area contributed by atoms with E-state index in [1.165, 1.54) is 7.11 Å². The van der Waals surface area contributed by atoms with Crippen LogP contribution >= 0.6 is 0 Å². The third-order valence-electron chi connectivity index (χ3n) is 5.06. The zero-order valence-corrected chi connectivity index (χ0v) is 15.2. The summed E-state index contributed by atoms with van der Waals surface area (Å²) >= 11 is 0. The van der Waals surface area contributed by atoms with Gasteiger partial charge in [-0.2, -0.15) is 0 Å². The number of phenols is 3. The Balaban J connectivity index is 2.10. The van der Waals surface area contributed by atoms with Crippen molar-refractivity contribution in [2.24, 2.45) is 0 Å². The van der Waals surface area contributed by atoms with E-state index < -0.39 is 5.41 Å². The van der Waals surface area contributed by atoms with Crippen molar-refractivity contribution in [1.82, 2.24) is 0 Å². The topological polar surface area (TPSA) is 79.2 Å². The van der Waals surface area contributed by atoms with Gasteiger partial charge in [0.2, 0.25) is 5.75 Å². The molecule has 0 fully saturated rings. The molecule has 3 rings (SSSR count). The summed E-state index contributed by atoms with van der Waals surface area (Å²) in [4.78, 5) is 0. The number of phenolic OH excluding ortho intramolecular Hbond substituents is 3. The van der Waals surface area contributed by atoms with E-state index in [9.17, 15) is 15.3 Å². The van der Waals surface area contributed by atoms with Crippen LogP contribution in [0.4, 0.5) is 0 Å². The smallest absolute Gasteiger partial charge is 0.201 e. The van der Waals surface area contributed by atoms with Gasteiger partial charge >= 0.3 is 0 Å². The molecule has 0 unspecified atom stereocenters. The molecule has 1 atom stereocenters. The van der Waals surface area contributed by atoms with Gasteiger partial charge in [0.05, 0.1) is 13.7 Å². The summed E-state index contributed by atoms with van der Waals surface area (Å²) in [6, 6.07) is 6.92. The van der Waals surface area contributed by atoms with Crippen LogP contribution in [0.2, 0.25) is 0 Å². The van der Waals surface area contributed by atoms with E-state index in [4.69, 9.17) is 9.47 Å². The Morgan fingerprint density at radius 2 is 1.92 bits per heavy atom. The van der Waals surface area contributed by atoms with E-state index in [-0.39, 0.29) is 28.9 Å². The summed E-state index contributed by atoms with van der Waals surface area (Å²) in [5.74, 6) is 0.547. The second kappa shape index (κ2) is 6.48. The van der Waals surface area contributed by atoms with Crippen LogP contribution in [0.15, 0.2) is 36.9 Å².